The van der Waals surface area contributed by atoms with E-state index >= 15 is 0 Å². The number of carbonyl (C=O) groups excluding carboxylic acids is 1. The molecule has 4 aromatic rings. The second kappa shape index (κ2) is 5.30. The lowest BCUT2D eigenvalue weighted by Crippen LogP contribution is -2.33. The molecule has 3 aromatic carbocycles. The van der Waals surface area contributed by atoms with E-state index in [1.807, 2.05) is 49.5 Å². The molecular formula is C22H16NO3+. The van der Waals surface area contributed by atoms with Crippen LogP contribution in [0.15, 0.2) is 60.7 Å². The second-order valence-corrected chi connectivity index (χ2v) is 6.41. The van der Waals surface area contributed by atoms with E-state index in [1.165, 1.54) is 7.11 Å². The Kier molecular flexibility index (Phi) is 3.04. The predicted octanol–water partition coefficient (Wildman–Crippen LogP) is 4.38. The summed E-state index contributed by atoms with van der Waals surface area (Å²) in [5, 5.41) is 3.27. The molecule has 0 bridgehead atoms. The number of aromatic nitrogens is 1. The van der Waals surface area contributed by atoms with Gasteiger partial charge in [-0.3, -0.25) is 0 Å². The summed E-state index contributed by atoms with van der Waals surface area (Å²) in [5.41, 5.74) is 3.65. The molecule has 0 saturated carbocycles. The molecule has 0 radical (unpaired) electrons. The van der Waals surface area contributed by atoms with Crippen molar-refractivity contribution >= 4 is 27.6 Å². The summed E-state index contributed by atoms with van der Waals surface area (Å²) >= 11 is 0. The van der Waals surface area contributed by atoms with Crippen LogP contribution in [0.1, 0.15) is 10.4 Å². The fourth-order valence-corrected chi connectivity index (χ4v) is 3.84. The molecule has 1 aromatic heterocycles. The second-order valence-electron chi connectivity index (χ2n) is 6.41. The van der Waals surface area contributed by atoms with Gasteiger partial charge in [0.15, 0.2) is 0 Å². The number of hydrogen-bond donors (Lipinski definition) is 0. The highest BCUT2D eigenvalue weighted by atomic mass is 16.5. The molecule has 0 saturated heterocycles. The molecule has 1 aliphatic heterocycles. The van der Waals surface area contributed by atoms with Gasteiger partial charge in [0.1, 0.15) is 18.5 Å². The first-order chi connectivity index (χ1) is 12.7. The molecule has 4 nitrogen and oxygen atoms in total. The number of nitrogens with zero attached hydrogens (tertiary/aromatic N) is 1. The van der Waals surface area contributed by atoms with Crippen molar-refractivity contribution in [3.05, 3.63) is 66.2 Å². The first-order valence-electron chi connectivity index (χ1n) is 8.43. The van der Waals surface area contributed by atoms with Crippen molar-refractivity contribution in [3.63, 3.8) is 0 Å². The highest BCUT2D eigenvalue weighted by molar-refractivity contribution is 6.13. The fraction of sp³-hybridized carbons (Fsp3) is 0.0909. The minimum atomic E-state index is -0.335. The maximum Gasteiger partial charge on any atom is 0.338 e. The number of pyridine rings is 1. The Bertz CT molecular complexity index is 1230. The van der Waals surface area contributed by atoms with Crippen LogP contribution < -0.4 is 9.30 Å². The standard InChI is InChI=1S/C22H16NO3/c1-23-17-12-13(22(24)25-2)10-11-14(17)15-7-5-9-19-20(15)21(23)16-6-3-4-8-18(16)26-19/h3-12H,1-2H3/q+1. The van der Waals surface area contributed by atoms with Crippen LogP contribution in [0.3, 0.4) is 0 Å². The number of fused-ring (bicyclic) bond motifs is 4. The monoisotopic (exact) mass is 342 g/mol. The highest BCUT2D eigenvalue weighted by Gasteiger charge is 2.29. The summed E-state index contributed by atoms with van der Waals surface area (Å²) in [7, 11) is 3.42. The lowest BCUT2D eigenvalue weighted by atomic mass is 9.95. The minimum absolute atomic E-state index is 0.335. The topological polar surface area (TPSA) is 39.4 Å². The summed E-state index contributed by atoms with van der Waals surface area (Å²) in [6, 6.07) is 19.8. The van der Waals surface area contributed by atoms with E-state index < -0.39 is 0 Å². The van der Waals surface area contributed by atoms with Gasteiger partial charge in [0, 0.05) is 11.5 Å². The van der Waals surface area contributed by atoms with Crippen LogP contribution in [0.4, 0.5) is 0 Å². The van der Waals surface area contributed by atoms with E-state index in [0.29, 0.717) is 5.56 Å². The Balaban J connectivity index is 1.98. The van der Waals surface area contributed by atoms with Gasteiger partial charge in [0.2, 0.25) is 11.2 Å². The first-order valence-corrected chi connectivity index (χ1v) is 8.43. The zero-order valence-corrected chi connectivity index (χ0v) is 14.4. The molecule has 0 amide bonds. The molecule has 0 atom stereocenters. The summed E-state index contributed by atoms with van der Waals surface area (Å²) in [6.07, 6.45) is 0. The summed E-state index contributed by atoms with van der Waals surface area (Å²) in [5.74, 6) is 1.36. The highest BCUT2D eigenvalue weighted by Crippen LogP contribution is 2.46. The van der Waals surface area contributed by atoms with Gasteiger partial charge in [-0.1, -0.05) is 24.3 Å². The average Bonchev–Trinajstić information content (AvgIpc) is 2.69. The van der Waals surface area contributed by atoms with Gasteiger partial charge >= 0.3 is 5.97 Å². The molecule has 126 valence electrons. The molecule has 4 heteroatoms. The van der Waals surface area contributed by atoms with Gasteiger partial charge in [0.25, 0.3) is 0 Å². The Morgan fingerprint density at radius 3 is 2.62 bits per heavy atom. The summed E-state index contributed by atoms with van der Waals surface area (Å²) in [6.45, 7) is 0. The van der Waals surface area contributed by atoms with Crippen LogP contribution in [0.2, 0.25) is 0 Å². The summed E-state index contributed by atoms with van der Waals surface area (Å²) < 4.78 is 13.2. The average molecular weight is 342 g/mol. The van der Waals surface area contributed by atoms with E-state index in [4.69, 9.17) is 9.47 Å². The minimum Gasteiger partial charge on any atom is -0.465 e. The van der Waals surface area contributed by atoms with Gasteiger partial charge in [0.05, 0.1) is 29.0 Å². The number of para-hydroxylation sites is 1. The smallest absolute Gasteiger partial charge is 0.338 e. The third-order valence-electron chi connectivity index (χ3n) is 5.03. The number of rotatable bonds is 1. The van der Waals surface area contributed by atoms with Crippen LogP contribution in [0, 0.1) is 0 Å². The van der Waals surface area contributed by atoms with Crippen molar-refractivity contribution < 1.29 is 18.8 Å². The van der Waals surface area contributed by atoms with E-state index in [9.17, 15) is 4.79 Å². The first kappa shape index (κ1) is 14.9. The molecule has 0 fully saturated rings. The molecular weight excluding hydrogens is 326 g/mol. The van der Waals surface area contributed by atoms with Gasteiger partial charge in [-0.2, -0.15) is 4.57 Å². The fourth-order valence-electron chi connectivity index (χ4n) is 3.84. The number of ether oxygens (including phenoxy) is 2. The number of esters is 1. The molecule has 0 unspecified atom stereocenters. The van der Waals surface area contributed by atoms with Crippen molar-refractivity contribution in [2.24, 2.45) is 7.05 Å². The van der Waals surface area contributed by atoms with Crippen LogP contribution in [0.5, 0.6) is 11.5 Å². The van der Waals surface area contributed by atoms with Crippen molar-refractivity contribution in [1.29, 1.82) is 0 Å². The number of methoxy groups -OCH3 is 1. The molecule has 0 aliphatic carbocycles. The Hall–Kier alpha value is -3.40. The van der Waals surface area contributed by atoms with Crippen LogP contribution in [-0.2, 0) is 11.8 Å². The molecule has 5 rings (SSSR count). The maximum absolute atomic E-state index is 12.0. The third-order valence-corrected chi connectivity index (χ3v) is 5.03. The lowest BCUT2D eigenvalue weighted by Gasteiger charge is -2.20. The third kappa shape index (κ3) is 1.90. The molecule has 2 heterocycles. The molecule has 0 spiro atoms. The van der Waals surface area contributed by atoms with Crippen molar-refractivity contribution in [3.8, 4) is 22.8 Å². The lowest BCUT2D eigenvalue weighted by molar-refractivity contribution is -0.632. The zero-order valence-electron chi connectivity index (χ0n) is 14.4. The molecule has 26 heavy (non-hydrogen) atoms. The molecule has 0 N–H and O–H groups in total. The van der Waals surface area contributed by atoms with Crippen molar-refractivity contribution in [1.82, 2.24) is 0 Å². The van der Waals surface area contributed by atoms with Gasteiger partial charge in [-0.25, -0.2) is 4.79 Å². The molecule has 1 aliphatic rings. The number of hydrogen-bond acceptors (Lipinski definition) is 3. The van der Waals surface area contributed by atoms with Crippen molar-refractivity contribution in [2.45, 2.75) is 0 Å². The zero-order chi connectivity index (χ0) is 17.8. The van der Waals surface area contributed by atoms with Gasteiger partial charge in [-0.15, -0.1) is 0 Å². The van der Waals surface area contributed by atoms with Gasteiger partial charge in [-0.05, 0) is 30.3 Å². The maximum atomic E-state index is 12.0. The van der Waals surface area contributed by atoms with E-state index in [-0.39, 0.29) is 5.97 Å². The SMILES string of the molecule is COC(=O)c1ccc2c3cccc4c3c([n+](C)c2c1)-c1ccccc1O4. The normalized spacial score (nSPS) is 11.9. The Morgan fingerprint density at radius 2 is 1.77 bits per heavy atom. The summed E-state index contributed by atoms with van der Waals surface area (Å²) in [4.78, 5) is 12.0. The Morgan fingerprint density at radius 1 is 0.962 bits per heavy atom. The predicted molar refractivity (Wildman–Crippen MR) is 99.5 cm³/mol. The van der Waals surface area contributed by atoms with Gasteiger partial charge < -0.3 is 9.47 Å². The number of carbonyl (C=O) groups is 1. The quantitative estimate of drug-likeness (QED) is 0.258. The van der Waals surface area contributed by atoms with Crippen LogP contribution >= 0.6 is 0 Å². The van der Waals surface area contributed by atoms with E-state index in [0.717, 1.165) is 44.4 Å². The van der Waals surface area contributed by atoms with Crippen LogP contribution in [-0.4, -0.2) is 13.1 Å². The van der Waals surface area contributed by atoms with E-state index in [2.05, 4.69) is 16.7 Å². The van der Waals surface area contributed by atoms with Crippen LogP contribution in [0.25, 0.3) is 32.9 Å². The van der Waals surface area contributed by atoms with E-state index in [1.54, 1.807) is 6.07 Å². The Labute approximate surface area is 150 Å². The number of benzene rings is 3. The largest absolute Gasteiger partial charge is 0.465 e. The number of aryl methyl sites for hydroxylation is 1. The van der Waals surface area contributed by atoms with Crippen molar-refractivity contribution in [2.75, 3.05) is 7.11 Å².